The number of hydrogen-bond donors (Lipinski definition) is 2. The fourth-order valence-electron chi connectivity index (χ4n) is 2.85. The molecule has 0 aromatic rings. The number of piperidine rings is 1. The number of aliphatic hydroxyl groups excluding tert-OH is 1. The Morgan fingerprint density at radius 3 is 2.50 bits per heavy atom. The zero-order valence-electron chi connectivity index (χ0n) is 11.3. The Labute approximate surface area is 100 Å². The summed E-state index contributed by atoms with van der Waals surface area (Å²) in [5.74, 6) is 0.762. The van der Waals surface area contributed by atoms with Gasteiger partial charge in [-0.25, -0.2) is 0 Å². The quantitative estimate of drug-likeness (QED) is 0.762. The lowest BCUT2D eigenvalue weighted by molar-refractivity contribution is 0.0984. The molecule has 0 radical (unpaired) electrons. The van der Waals surface area contributed by atoms with Crippen molar-refractivity contribution in [2.45, 2.75) is 39.7 Å². The van der Waals surface area contributed by atoms with E-state index in [1.807, 2.05) is 7.05 Å². The third-order valence-electron chi connectivity index (χ3n) is 3.34. The maximum Gasteiger partial charge on any atom is 0.0558 e. The lowest BCUT2D eigenvalue weighted by Crippen LogP contribution is -2.49. The Bertz CT molecular complexity index is 201. The molecule has 0 aliphatic carbocycles. The van der Waals surface area contributed by atoms with E-state index in [-0.39, 0.29) is 6.61 Å². The second kappa shape index (κ2) is 5.99. The topological polar surface area (TPSA) is 35.5 Å². The van der Waals surface area contributed by atoms with Crippen LogP contribution in [0.3, 0.4) is 0 Å². The normalized spacial score (nSPS) is 28.3. The van der Waals surface area contributed by atoms with E-state index in [1.165, 1.54) is 12.8 Å². The first-order valence-corrected chi connectivity index (χ1v) is 6.45. The van der Waals surface area contributed by atoms with Gasteiger partial charge in [0.25, 0.3) is 0 Å². The first-order valence-electron chi connectivity index (χ1n) is 6.45. The van der Waals surface area contributed by atoms with Gasteiger partial charge in [0.2, 0.25) is 0 Å². The van der Waals surface area contributed by atoms with Gasteiger partial charge in [-0.15, -0.1) is 0 Å². The molecule has 1 rings (SSSR count). The number of nitrogens with one attached hydrogen (secondary N) is 1. The van der Waals surface area contributed by atoms with Crippen molar-refractivity contribution >= 4 is 0 Å². The maximum atomic E-state index is 9.03. The van der Waals surface area contributed by atoms with Crippen LogP contribution in [-0.4, -0.2) is 49.3 Å². The highest BCUT2D eigenvalue weighted by atomic mass is 16.3. The lowest BCUT2D eigenvalue weighted by atomic mass is 9.80. The average Bonchev–Trinajstić information content (AvgIpc) is 2.15. The van der Waals surface area contributed by atoms with E-state index in [0.717, 1.165) is 25.6 Å². The number of β-amino-alcohol motifs (C(OH)–C–C–N with tert-alkyl or cyclic N) is 1. The minimum absolute atomic E-state index is 0.276. The van der Waals surface area contributed by atoms with E-state index in [4.69, 9.17) is 5.11 Å². The summed E-state index contributed by atoms with van der Waals surface area (Å²) in [5.41, 5.74) is 0.408. The van der Waals surface area contributed by atoms with Gasteiger partial charge in [-0.1, -0.05) is 20.8 Å². The van der Waals surface area contributed by atoms with Gasteiger partial charge >= 0.3 is 0 Å². The summed E-state index contributed by atoms with van der Waals surface area (Å²) >= 11 is 0. The number of rotatable bonds is 4. The van der Waals surface area contributed by atoms with Gasteiger partial charge in [0.1, 0.15) is 0 Å². The van der Waals surface area contributed by atoms with E-state index in [9.17, 15) is 0 Å². The van der Waals surface area contributed by atoms with Crippen LogP contribution < -0.4 is 5.32 Å². The molecule has 2 N–H and O–H groups in total. The van der Waals surface area contributed by atoms with Crippen molar-refractivity contribution in [3.8, 4) is 0 Å². The van der Waals surface area contributed by atoms with Crippen LogP contribution in [0.5, 0.6) is 0 Å². The lowest BCUT2D eigenvalue weighted by Gasteiger charge is -2.39. The minimum Gasteiger partial charge on any atom is -0.395 e. The molecule has 2 atom stereocenters. The van der Waals surface area contributed by atoms with Crippen LogP contribution in [0.25, 0.3) is 0 Å². The van der Waals surface area contributed by atoms with Crippen molar-refractivity contribution in [1.29, 1.82) is 0 Å². The molecule has 0 aromatic heterocycles. The molecule has 3 heteroatoms. The number of aliphatic hydroxyl groups is 1. The fraction of sp³-hybridized carbons (Fsp3) is 1.00. The van der Waals surface area contributed by atoms with E-state index in [0.29, 0.717) is 11.5 Å². The molecule has 0 bridgehead atoms. The predicted octanol–water partition coefficient (Wildman–Crippen LogP) is 1.32. The third kappa shape index (κ3) is 4.81. The van der Waals surface area contributed by atoms with Crippen molar-refractivity contribution in [3.05, 3.63) is 0 Å². The van der Waals surface area contributed by atoms with Gasteiger partial charge in [-0.05, 0) is 31.2 Å². The number of nitrogens with zero attached hydrogens (tertiary/aromatic N) is 1. The number of hydrogen-bond acceptors (Lipinski definition) is 3. The van der Waals surface area contributed by atoms with E-state index in [2.05, 4.69) is 31.0 Å². The van der Waals surface area contributed by atoms with Crippen molar-refractivity contribution in [2.75, 3.05) is 33.3 Å². The second-order valence-corrected chi connectivity index (χ2v) is 6.34. The summed E-state index contributed by atoms with van der Waals surface area (Å²) < 4.78 is 0. The zero-order valence-corrected chi connectivity index (χ0v) is 11.3. The molecule has 3 nitrogen and oxygen atoms in total. The van der Waals surface area contributed by atoms with Crippen LogP contribution in [0, 0.1) is 11.3 Å². The third-order valence-corrected chi connectivity index (χ3v) is 3.34. The molecule has 2 unspecified atom stereocenters. The number of likely N-dealkylation sites (tertiary alicyclic amines) is 1. The summed E-state index contributed by atoms with van der Waals surface area (Å²) in [7, 11) is 2.04. The molecule has 1 fully saturated rings. The van der Waals surface area contributed by atoms with Gasteiger partial charge in [0.05, 0.1) is 6.61 Å². The minimum atomic E-state index is 0.276. The Balaban J connectivity index is 2.50. The number of likely N-dealkylation sites (N-methyl/N-ethyl adjacent to an activating group) is 1. The van der Waals surface area contributed by atoms with Gasteiger partial charge in [0, 0.05) is 25.7 Å². The highest BCUT2D eigenvalue weighted by Crippen LogP contribution is 2.30. The molecular weight excluding hydrogens is 200 g/mol. The first-order chi connectivity index (χ1) is 7.44. The summed E-state index contributed by atoms with van der Waals surface area (Å²) in [4.78, 5) is 2.39. The average molecular weight is 228 g/mol. The SMILES string of the molecule is CNC1CC(CC(C)(C)C)CN(CCO)C1. The van der Waals surface area contributed by atoms with Gasteiger partial charge < -0.3 is 10.4 Å². The van der Waals surface area contributed by atoms with Crippen LogP contribution in [0.1, 0.15) is 33.6 Å². The van der Waals surface area contributed by atoms with Crippen molar-refractivity contribution in [3.63, 3.8) is 0 Å². The van der Waals surface area contributed by atoms with E-state index >= 15 is 0 Å². The molecular formula is C13H28N2O. The molecule has 0 aromatic carbocycles. The standard InChI is InChI=1S/C13H28N2O/c1-13(2,3)8-11-7-12(14-4)10-15(9-11)5-6-16/h11-12,14,16H,5-10H2,1-4H3. The van der Waals surface area contributed by atoms with Crippen molar-refractivity contribution in [1.82, 2.24) is 10.2 Å². The summed E-state index contributed by atoms with van der Waals surface area (Å²) in [6, 6.07) is 0.590. The highest BCUT2D eigenvalue weighted by molar-refractivity contribution is 4.84. The van der Waals surface area contributed by atoms with Crippen LogP contribution in [-0.2, 0) is 0 Å². The monoisotopic (exact) mass is 228 g/mol. The van der Waals surface area contributed by atoms with Crippen LogP contribution in [0.2, 0.25) is 0 Å². The fourth-order valence-corrected chi connectivity index (χ4v) is 2.85. The molecule has 1 saturated heterocycles. The van der Waals surface area contributed by atoms with Crippen LogP contribution >= 0.6 is 0 Å². The molecule has 96 valence electrons. The summed E-state index contributed by atoms with van der Waals surface area (Å²) in [6.45, 7) is 10.3. The largest absolute Gasteiger partial charge is 0.395 e. The Morgan fingerprint density at radius 2 is 2.00 bits per heavy atom. The van der Waals surface area contributed by atoms with Gasteiger partial charge in [-0.2, -0.15) is 0 Å². The van der Waals surface area contributed by atoms with E-state index in [1.54, 1.807) is 0 Å². The molecule has 0 amide bonds. The zero-order chi connectivity index (χ0) is 12.2. The Kier molecular flexibility index (Phi) is 5.22. The molecule has 0 spiro atoms. The van der Waals surface area contributed by atoms with Crippen molar-refractivity contribution < 1.29 is 5.11 Å². The molecule has 1 aliphatic heterocycles. The maximum absolute atomic E-state index is 9.03. The van der Waals surface area contributed by atoms with Crippen LogP contribution in [0.15, 0.2) is 0 Å². The molecule has 16 heavy (non-hydrogen) atoms. The van der Waals surface area contributed by atoms with Gasteiger partial charge in [-0.3, -0.25) is 4.90 Å². The Morgan fingerprint density at radius 1 is 1.31 bits per heavy atom. The second-order valence-electron chi connectivity index (χ2n) is 6.34. The smallest absolute Gasteiger partial charge is 0.0558 e. The highest BCUT2D eigenvalue weighted by Gasteiger charge is 2.28. The van der Waals surface area contributed by atoms with Gasteiger partial charge in [0.15, 0.2) is 0 Å². The first kappa shape index (κ1) is 13.9. The van der Waals surface area contributed by atoms with Crippen molar-refractivity contribution in [2.24, 2.45) is 11.3 Å². The molecule has 1 aliphatic rings. The molecule has 1 heterocycles. The van der Waals surface area contributed by atoms with Crippen LogP contribution in [0.4, 0.5) is 0 Å². The summed E-state index contributed by atoms with van der Waals surface area (Å²) in [5, 5.41) is 12.4. The van der Waals surface area contributed by atoms with E-state index < -0.39 is 0 Å². The molecule has 0 saturated carbocycles. The summed E-state index contributed by atoms with van der Waals surface area (Å²) in [6.07, 6.45) is 2.54. The Hall–Kier alpha value is -0.120. The predicted molar refractivity (Wildman–Crippen MR) is 68.6 cm³/mol.